The van der Waals surface area contributed by atoms with Crippen LogP contribution in [-0.2, 0) is 4.79 Å². The number of para-hydroxylation sites is 2. The lowest BCUT2D eigenvalue weighted by atomic mass is 10.3. The molecule has 2 rings (SSSR count). The lowest BCUT2D eigenvalue weighted by Gasteiger charge is -1.87. The van der Waals surface area contributed by atoms with Gasteiger partial charge >= 0.3 is 5.97 Å². The summed E-state index contributed by atoms with van der Waals surface area (Å²) >= 11 is 0. The number of hydrogen-bond donors (Lipinski definition) is 2. The van der Waals surface area contributed by atoms with E-state index in [0.717, 1.165) is 6.08 Å². The highest BCUT2D eigenvalue weighted by Crippen LogP contribution is 2.16. The Morgan fingerprint density at radius 1 is 1.33 bits per heavy atom. The molecule has 2 aromatic rings. The zero-order valence-corrected chi connectivity index (χ0v) is 7.54. The molecule has 1 heterocycles. The molecule has 0 aliphatic heterocycles. The molecule has 15 heavy (non-hydrogen) atoms. The molecule has 0 saturated carbocycles. The van der Waals surface area contributed by atoms with Crippen molar-refractivity contribution in [2.45, 2.75) is 0 Å². The van der Waals surface area contributed by atoms with E-state index in [0.29, 0.717) is 11.1 Å². The van der Waals surface area contributed by atoms with Gasteiger partial charge in [-0.2, -0.15) is 0 Å². The van der Waals surface area contributed by atoms with E-state index in [4.69, 9.17) is 14.6 Å². The number of oxazole rings is 1. The van der Waals surface area contributed by atoms with E-state index >= 15 is 0 Å². The highest BCUT2D eigenvalue weighted by atomic mass is 16.4. The van der Waals surface area contributed by atoms with Crippen LogP contribution in [0.5, 0.6) is 0 Å². The molecule has 0 atom stereocenters. The van der Waals surface area contributed by atoms with Gasteiger partial charge in [-0.25, -0.2) is 9.78 Å². The molecule has 2 N–H and O–H groups in total. The number of nitrogens with zero attached hydrogens (tertiary/aromatic N) is 1. The van der Waals surface area contributed by atoms with Crippen molar-refractivity contribution in [1.82, 2.24) is 4.98 Å². The third kappa shape index (κ3) is 1.80. The molecule has 0 bridgehead atoms. The fourth-order valence-electron chi connectivity index (χ4n) is 1.13. The van der Waals surface area contributed by atoms with Gasteiger partial charge in [0.15, 0.2) is 5.58 Å². The van der Waals surface area contributed by atoms with Crippen LogP contribution < -0.4 is 0 Å². The van der Waals surface area contributed by atoms with Crippen LogP contribution >= 0.6 is 0 Å². The maximum Gasteiger partial charge on any atom is 0.371 e. The third-order valence-electron chi connectivity index (χ3n) is 1.79. The molecule has 5 heteroatoms. The highest BCUT2D eigenvalue weighted by molar-refractivity contribution is 5.89. The summed E-state index contributed by atoms with van der Waals surface area (Å²) in [4.78, 5) is 14.3. The summed E-state index contributed by atoms with van der Waals surface area (Å²) in [5.41, 5.74) is 1.16. The first-order valence-corrected chi connectivity index (χ1v) is 4.16. The van der Waals surface area contributed by atoms with Gasteiger partial charge in [-0.3, -0.25) is 0 Å². The molecule has 1 aromatic carbocycles. The van der Waals surface area contributed by atoms with Gasteiger partial charge in [0.05, 0.1) is 6.08 Å². The van der Waals surface area contributed by atoms with E-state index in [2.05, 4.69) is 4.98 Å². The smallest absolute Gasteiger partial charge is 0.371 e. The number of carboxylic acid groups (broad SMARTS) is 1. The van der Waals surface area contributed by atoms with Crippen molar-refractivity contribution in [3.8, 4) is 0 Å². The molecule has 0 amide bonds. The highest BCUT2D eigenvalue weighted by Gasteiger charge is 2.07. The maximum atomic E-state index is 10.3. The Bertz CT molecular complexity index is 508. The van der Waals surface area contributed by atoms with Crippen LogP contribution in [0.3, 0.4) is 0 Å². The van der Waals surface area contributed by atoms with Gasteiger partial charge in [0.1, 0.15) is 5.52 Å². The first-order chi connectivity index (χ1) is 7.16. The number of carbonyl (C=O) groups is 1. The van der Waals surface area contributed by atoms with Crippen molar-refractivity contribution in [1.29, 1.82) is 0 Å². The van der Waals surface area contributed by atoms with Gasteiger partial charge in [-0.1, -0.05) is 12.1 Å². The number of rotatable bonds is 2. The van der Waals surface area contributed by atoms with Gasteiger partial charge in [0.25, 0.3) is 0 Å². The van der Waals surface area contributed by atoms with Gasteiger partial charge in [0.2, 0.25) is 11.6 Å². The maximum absolute atomic E-state index is 10.3. The minimum Gasteiger partial charge on any atom is -0.502 e. The number of aliphatic carboxylic acids is 1. The zero-order chi connectivity index (χ0) is 10.8. The van der Waals surface area contributed by atoms with Crippen molar-refractivity contribution >= 4 is 23.1 Å². The standard InChI is InChI=1S/C10H7NO4/c12-7(10(13)14)5-9-11-6-3-1-2-4-8(6)15-9/h1-5,12H,(H,13,14). The first-order valence-electron chi connectivity index (χ1n) is 4.16. The van der Waals surface area contributed by atoms with Crippen LogP contribution in [0.1, 0.15) is 5.89 Å². The number of fused-ring (bicyclic) bond motifs is 1. The average molecular weight is 205 g/mol. The van der Waals surface area contributed by atoms with Crippen molar-refractivity contribution in [3.63, 3.8) is 0 Å². The van der Waals surface area contributed by atoms with E-state index in [9.17, 15) is 4.79 Å². The van der Waals surface area contributed by atoms with Crippen LogP contribution in [0.25, 0.3) is 17.2 Å². The van der Waals surface area contributed by atoms with E-state index < -0.39 is 11.7 Å². The van der Waals surface area contributed by atoms with Crippen molar-refractivity contribution < 1.29 is 19.4 Å². The largest absolute Gasteiger partial charge is 0.502 e. The van der Waals surface area contributed by atoms with E-state index in [-0.39, 0.29) is 5.89 Å². The normalized spacial score (nSPS) is 11.9. The summed E-state index contributed by atoms with van der Waals surface area (Å²) in [6, 6.07) is 7.00. The fourth-order valence-corrected chi connectivity index (χ4v) is 1.13. The summed E-state index contributed by atoms with van der Waals surface area (Å²) in [7, 11) is 0. The fraction of sp³-hybridized carbons (Fsp3) is 0. The Balaban J connectivity index is 2.46. The predicted molar refractivity (Wildman–Crippen MR) is 52.3 cm³/mol. The molecule has 0 saturated heterocycles. The molecule has 0 fully saturated rings. The first kappa shape index (κ1) is 9.26. The Morgan fingerprint density at radius 2 is 2.07 bits per heavy atom. The number of carboxylic acids is 1. The molecule has 0 aliphatic carbocycles. The van der Waals surface area contributed by atoms with Crippen LogP contribution in [0, 0.1) is 0 Å². The average Bonchev–Trinajstić information content (AvgIpc) is 2.59. The number of aromatic nitrogens is 1. The Morgan fingerprint density at radius 3 is 2.73 bits per heavy atom. The summed E-state index contributed by atoms with van der Waals surface area (Å²) in [6.07, 6.45) is 0.961. The molecule has 0 radical (unpaired) electrons. The Hall–Kier alpha value is -2.30. The summed E-state index contributed by atoms with van der Waals surface area (Å²) < 4.78 is 5.18. The van der Waals surface area contributed by atoms with Crippen molar-refractivity contribution in [2.75, 3.05) is 0 Å². The molecule has 0 unspecified atom stereocenters. The molecular formula is C10H7NO4. The van der Waals surface area contributed by atoms with E-state index in [1.54, 1.807) is 24.3 Å². The Kier molecular flexibility index (Phi) is 2.13. The summed E-state index contributed by atoms with van der Waals surface area (Å²) in [5.74, 6) is -2.16. The van der Waals surface area contributed by atoms with Crippen LogP contribution in [0.4, 0.5) is 0 Å². The predicted octanol–water partition coefficient (Wildman–Crippen LogP) is 1.81. The van der Waals surface area contributed by atoms with Crippen LogP contribution in [0.2, 0.25) is 0 Å². The van der Waals surface area contributed by atoms with E-state index in [1.807, 2.05) is 0 Å². The van der Waals surface area contributed by atoms with Gasteiger partial charge in [-0.05, 0) is 12.1 Å². The van der Waals surface area contributed by atoms with E-state index in [1.165, 1.54) is 0 Å². The second-order valence-electron chi connectivity index (χ2n) is 2.85. The number of aliphatic hydroxyl groups is 1. The molecule has 0 spiro atoms. The Labute approximate surface area is 84.3 Å². The van der Waals surface area contributed by atoms with Gasteiger partial charge < -0.3 is 14.6 Å². The number of aliphatic hydroxyl groups excluding tert-OH is 1. The zero-order valence-electron chi connectivity index (χ0n) is 7.54. The van der Waals surface area contributed by atoms with Crippen molar-refractivity contribution in [2.24, 2.45) is 0 Å². The molecular weight excluding hydrogens is 198 g/mol. The lowest BCUT2D eigenvalue weighted by Crippen LogP contribution is -1.98. The molecule has 0 aliphatic rings. The minimum atomic E-state index is -1.42. The molecule has 76 valence electrons. The van der Waals surface area contributed by atoms with Crippen molar-refractivity contribution in [3.05, 3.63) is 35.9 Å². The van der Waals surface area contributed by atoms with Crippen LogP contribution in [0.15, 0.2) is 34.4 Å². The van der Waals surface area contributed by atoms with Gasteiger partial charge in [-0.15, -0.1) is 0 Å². The number of hydrogen-bond acceptors (Lipinski definition) is 4. The second-order valence-corrected chi connectivity index (χ2v) is 2.85. The number of benzene rings is 1. The van der Waals surface area contributed by atoms with Crippen LogP contribution in [-0.4, -0.2) is 21.2 Å². The second kappa shape index (κ2) is 3.45. The third-order valence-corrected chi connectivity index (χ3v) is 1.79. The molecule has 5 nitrogen and oxygen atoms in total. The topological polar surface area (TPSA) is 83.6 Å². The minimum absolute atomic E-state index is 0.0658. The monoisotopic (exact) mass is 205 g/mol. The molecule has 1 aromatic heterocycles. The summed E-state index contributed by atoms with van der Waals surface area (Å²) in [6.45, 7) is 0. The SMILES string of the molecule is O=C(O)C(O)=Cc1nc2ccccc2o1. The quantitative estimate of drug-likeness (QED) is 0.577. The summed E-state index contributed by atoms with van der Waals surface area (Å²) in [5, 5.41) is 17.4. The van der Waals surface area contributed by atoms with Gasteiger partial charge in [0, 0.05) is 0 Å². The lowest BCUT2D eigenvalue weighted by molar-refractivity contribution is -0.135.